The molecule has 0 radical (unpaired) electrons. The third kappa shape index (κ3) is 6.35. The summed E-state index contributed by atoms with van der Waals surface area (Å²) in [5, 5.41) is 60.8. The van der Waals surface area contributed by atoms with Crippen LogP contribution in [0.1, 0.15) is 44.7 Å². The molecular formula is C25H36O11. The van der Waals surface area contributed by atoms with Gasteiger partial charge in [0.2, 0.25) is 6.29 Å². The van der Waals surface area contributed by atoms with Crippen LogP contribution in [-0.4, -0.2) is 98.3 Å². The monoisotopic (exact) mass is 512 g/mol. The zero-order valence-electron chi connectivity index (χ0n) is 20.8. The lowest BCUT2D eigenvalue weighted by Gasteiger charge is -2.40. The van der Waals surface area contributed by atoms with Crippen LogP contribution in [0.3, 0.4) is 0 Å². The van der Waals surface area contributed by atoms with Gasteiger partial charge in [-0.1, -0.05) is 12.2 Å². The molecule has 2 saturated heterocycles. The third-order valence-corrected chi connectivity index (χ3v) is 6.54. The Morgan fingerprint density at radius 2 is 1.92 bits per heavy atom. The number of hydrogen-bond donors (Lipinski definition) is 6. The number of ether oxygens (including phenoxy) is 4. The topological polar surface area (TPSA) is 175 Å². The molecule has 1 aromatic carbocycles. The predicted octanol–water partition coefficient (Wildman–Crippen LogP) is 0.00820. The van der Waals surface area contributed by atoms with Gasteiger partial charge < -0.3 is 49.6 Å². The highest BCUT2D eigenvalue weighted by atomic mass is 16.7. The van der Waals surface area contributed by atoms with Crippen molar-refractivity contribution in [1.29, 1.82) is 0 Å². The Labute approximate surface area is 209 Å². The number of methoxy groups -OCH3 is 1. The fourth-order valence-corrected chi connectivity index (χ4v) is 4.35. The minimum Gasteiger partial charge on any atom is -0.508 e. The maximum absolute atomic E-state index is 12.0. The maximum Gasteiger partial charge on any atom is 0.310 e. The van der Waals surface area contributed by atoms with Gasteiger partial charge in [-0.05, 0) is 45.7 Å². The molecule has 1 aromatic rings. The second kappa shape index (κ2) is 11.0. The summed E-state index contributed by atoms with van der Waals surface area (Å²) in [6.45, 7) is 4.56. The van der Waals surface area contributed by atoms with Crippen LogP contribution < -0.4 is 4.74 Å². The summed E-state index contributed by atoms with van der Waals surface area (Å²) < 4.78 is 22.2. The van der Waals surface area contributed by atoms with E-state index in [4.69, 9.17) is 18.9 Å². The Morgan fingerprint density at radius 1 is 1.22 bits per heavy atom. The minimum atomic E-state index is -1.68. The molecule has 11 nitrogen and oxygen atoms in total. The zero-order chi connectivity index (χ0) is 26.8. The van der Waals surface area contributed by atoms with Crippen LogP contribution in [0, 0.1) is 0 Å². The van der Waals surface area contributed by atoms with Crippen molar-refractivity contribution in [1.82, 2.24) is 0 Å². The number of phenolic OH excluding ortho intramolecular Hbond substituents is 1. The first-order valence-electron chi connectivity index (χ1n) is 11.8. The summed E-state index contributed by atoms with van der Waals surface area (Å²) >= 11 is 0. The maximum atomic E-state index is 12.0. The molecule has 0 saturated carbocycles. The van der Waals surface area contributed by atoms with E-state index in [1.807, 2.05) is 6.92 Å². The number of aliphatic hydroxyl groups excluding tert-OH is 4. The summed E-state index contributed by atoms with van der Waals surface area (Å²) in [6, 6.07) is 2.67. The van der Waals surface area contributed by atoms with Crippen molar-refractivity contribution in [2.24, 2.45) is 0 Å². The fraction of sp³-hybridized carbons (Fsp3) is 0.640. The Kier molecular flexibility index (Phi) is 8.67. The molecule has 7 atom stereocenters. The summed E-state index contributed by atoms with van der Waals surface area (Å²) in [4.78, 5) is 12.0. The van der Waals surface area contributed by atoms with Gasteiger partial charge in [-0.3, -0.25) is 4.79 Å². The Morgan fingerprint density at radius 3 is 2.50 bits per heavy atom. The van der Waals surface area contributed by atoms with Crippen LogP contribution in [-0.2, 0) is 25.4 Å². The highest BCUT2D eigenvalue weighted by molar-refractivity contribution is 5.75. The molecule has 0 aliphatic carbocycles. The van der Waals surface area contributed by atoms with E-state index in [9.17, 15) is 35.4 Å². The Bertz CT molecular complexity index is 954. The lowest BCUT2D eigenvalue weighted by molar-refractivity contribution is -0.277. The molecule has 202 valence electrons. The first-order chi connectivity index (χ1) is 16.8. The number of rotatable bonds is 8. The van der Waals surface area contributed by atoms with E-state index in [1.54, 1.807) is 26.0 Å². The summed E-state index contributed by atoms with van der Waals surface area (Å²) in [6.07, 6.45) is -3.66. The number of phenols is 1. The molecule has 0 unspecified atom stereocenters. The van der Waals surface area contributed by atoms with Crippen molar-refractivity contribution in [3.05, 3.63) is 29.3 Å². The number of benzene rings is 1. The number of hydrogen-bond acceptors (Lipinski definition) is 11. The highest BCUT2D eigenvalue weighted by Crippen LogP contribution is 2.39. The molecule has 0 bridgehead atoms. The van der Waals surface area contributed by atoms with Crippen LogP contribution >= 0.6 is 0 Å². The lowest BCUT2D eigenvalue weighted by Crippen LogP contribution is -2.60. The van der Waals surface area contributed by atoms with E-state index < -0.39 is 54.5 Å². The van der Waals surface area contributed by atoms with Crippen molar-refractivity contribution >= 4 is 12.0 Å². The van der Waals surface area contributed by atoms with Crippen molar-refractivity contribution in [2.75, 3.05) is 13.7 Å². The van der Waals surface area contributed by atoms with Crippen LogP contribution in [0.5, 0.6) is 11.5 Å². The molecule has 6 N–H and O–H groups in total. The standard InChI is InChI=1S/C25H36O11/c1-24(2,32)17-6-8-25(3,36-17)7-5-13-9-15(27)10-14(11-18(28)33-4)22(13)35-23-21(31)20(30)19(29)16(12-26)34-23/h5,7,9-10,16-17,19-21,23,26-27,29-32H,6,8,11-12H2,1-4H3/t16-,17-,19-,20+,21-,23+,25+/m1/s1. The van der Waals surface area contributed by atoms with E-state index in [1.165, 1.54) is 19.2 Å². The zero-order valence-corrected chi connectivity index (χ0v) is 20.8. The van der Waals surface area contributed by atoms with Crippen molar-refractivity contribution < 1.29 is 54.4 Å². The second-order valence-corrected chi connectivity index (χ2v) is 10.0. The Hall–Kier alpha value is -2.25. The van der Waals surface area contributed by atoms with E-state index >= 15 is 0 Å². The first-order valence-corrected chi connectivity index (χ1v) is 11.8. The summed E-state index contributed by atoms with van der Waals surface area (Å²) in [5.41, 5.74) is -1.24. The van der Waals surface area contributed by atoms with Gasteiger partial charge in [0.25, 0.3) is 0 Å². The van der Waals surface area contributed by atoms with Crippen LogP contribution in [0.25, 0.3) is 6.08 Å². The molecule has 2 aliphatic rings. The van der Waals surface area contributed by atoms with E-state index in [0.717, 1.165) is 0 Å². The average Bonchev–Trinajstić information content (AvgIpc) is 3.22. The van der Waals surface area contributed by atoms with E-state index in [-0.39, 0.29) is 29.6 Å². The quantitative estimate of drug-likeness (QED) is 0.259. The smallest absolute Gasteiger partial charge is 0.310 e. The van der Waals surface area contributed by atoms with Crippen LogP contribution in [0.4, 0.5) is 0 Å². The minimum absolute atomic E-state index is 0.0550. The molecule has 0 spiro atoms. The molecule has 11 heteroatoms. The molecule has 0 aromatic heterocycles. The predicted molar refractivity (Wildman–Crippen MR) is 126 cm³/mol. The van der Waals surface area contributed by atoms with Gasteiger partial charge in [-0.25, -0.2) is 0 Å². The molecule has 3 rings (SSSR count). The van der Waals surface area contributed by atoms with Gasteiger partial charge in [0, 0.05) is 11.1 Å². The van der Waals surface area contributed by atoms with E-state index in [0.29, 0.717) is 18.4 Å². The third-order valence-electron chi connectivity index (χ3n) is 6.54. The average molecular weight is 513 g/mol. The highest BCUT2D eigenvalue weighted by Gasteiger charge is 2.45. The van der Waals surface area contributed by atoms with Gasteiger partial charge >= 0.3 is 5.97 Å². The van der Waals surface area contributed by atoms with Crippen LogP contribution in [0.15, 0.2) is 18.2 Å². The SMILES string of the molecule is COC(=O)Cc1cc(O)cc(C=C[C@@]2(C)CC[C@H](C(C)(C)O)O2)c1O[C@@H]1O[C@H](CO)[C@@H](O)[C@H](O)[C@H]1O. The lowest BCUT2D eigenvalue weighted by atomic mass is 9.96. The van der Waals surface area contributed by atoms with Gasteiger partial charge in [-0.15, -0.1) is 0 Å². The number of carbonyl (C=O) groups is 1. The second-order valence-electron chi connectivity index (χ2n) is 10.0. The molecule has 2 fully saturated rings. The van der Waals surface area contributed by atoms with Crippen molar-refractivity contribution in [3.8, 4) is 11.5 Å². The fourth-order valence-electron chi connectivity index (χ4n) is 4.35. The van der Waals surface area contributed by atoms with Gasteiger partial charge in [0.05, 0.1) is 37.4 Å². The van der Waals surface area contributed by atoms with Crippen molar-refractivity contribution in [3.63, 3.8) is 0 Å². The molecule has 2 heterocycles. The molecule has 0 amide bonds. The van der Waals surface area contributed by atoms with Crippen molar-refractivity contribution in [2.45, 2.75) is 88.0 Å². The van der Waals surface area contributed by atoms with Crippen LogP contribution in [0.2, 0.25) is 0 Å². The number of aromatic hydroxyl groups is 1. The Balaban J connectivity index is 1.97. The summed E-state index contributed by atoms with van der Waals surface area (Å²) in [5.74, 6) is -0.728. The molecular weight excluding hydrogens is 476 g/mol. The first kappa shape index (κ1) is 28.3. The molecule has 2 aliphatic heterocycles. The number of carbonyl (C=O) groups excluding carboxylic acids is 1. The van der Waals surface area contributed by atoms with Gasteiger partial charge in [0.1, 0.15) is 35.9 Å². The van der Waals surface area contributed by atoms with Gasteiger partial charge in [-0.2, -0.15) is 0 Å². The van der Waals surface area contributed by atoms with E-state index in [2.05, 4.69) is 0 Å². The molecule has 36 heavy (non-hydrogen) atoms. The number of aliphatic hydroxyl groups is 5. The largest absolute Gasteiger partial charge is 0.508 e. The summed E-state index contributed by atoms with van der Waals surface area (Å²) in [7, 11) is 1.21. The van der Waals surface area contributed by atoms with Gasteiger partial charge in [0.15, 0.2) is 0 Å². The number of esters is 1. The normalized spacial score (nSPS) is 33.1.